The van der Waals surface area contributed by atoms with Crippen molar-refractivity contribution in [3.63, 3.8) is 0 Å². The Bertz CT molecular complexity index is 685. The van der Waals surface area contributed by atoms with Crippen LogP contribution in [0.4, 0.5) is 0 Å². The number of rotatable bonds is 5. The summed E-state index contributed by atoms with van der Waals surface area (Å²) < 4.78 is 26.0. The molecule has 1 unspecified atom stereocenters. The molecule has 0 spiro atoms. The van der Waals surface area contributed by atoms with Gasteiger partial charge in [-0.3, -0.25) is 14.3 Å². The molecule has 11 heteroatoms. The summed E-state index contributed by atoms with van der Waals surface area (Å²) >= 11 is 0. The van der Waals surface area contributed by atoms with E-state index in [1.54, 1.807) is 20.2 Å². The maximum atomic E-state index is 11.8. The van der Waals surface area contributed by atoms with Crippen molar-refractivity contribution in [1.82, 2.24) is 29.9 Å². The molecule has 0 aromatic carbocycles. The van der Waals surface area contributed by atoms with Crippen LogP contribution < -0.4 is 10.6 Å². The van der Waals surface area contributed by atoms with Gasteiger partial charge in [0.2, 0.25) is 10.0 Å². The molecular weight excluding hydrogens is 324 g/mol. The van der Waals surface area contributed by atoms with Crippen LogP contribution in [0.5, 0.6) is 0 Å². The monoisotopic (exact) mass is 344 g/mol. The SMILES string of the molecule is CC(NC(=O)C(=O)NCCN1CCCS1(=O)=O)c1cn(C)nn1. The van der Waals surface area contributed by atoms with Crippen LogP contribution in [0.15, 0.2) is 6.20 Å². The predicted octanol–water partition coefficient (Wildman–Crippen LogP) is -1.86. The van der Waals surface area contributed by atoms with Gasteiger partial charge in [0.05, 0.1) is 18.0 Å². The van der Waals surface area contributed by atoms with Crippen LogP contribution in [0.25, 0.3) is 0 Å². The average Bonchev–Trinajstić information content (AvgIpc) is 3.05. The van der Waals surface area contributed by atoms with E-state index in [2.05, 4.69) is 20.9 Å². The molecule has 0 bridgehead atoms. The average molecular weight is 344 g/mol. The molecule has 1 aliphatic heterocycles. The highest BCUT2D eigenvalue weighted by atomic mass is 32.2. The largest absolute Gasteiger partial charge is 0.347 e. The Morgan fingerprint density at radius 1 is 1.39 bits per heavy atom. The Morgan fingerprint density at radius 3 is 2.70 bits per heavy atom. The minimum absolute atomic E-state index is 0.0883. The van der Waals surface area contributed by atoms with Gasteiger partial charge in [-0.2, -0.15) is 0 Å². The first-order valence-corrected chi connectivity index (χ1v) is 8.83. The van der Waals surface area contributed by atoms with E-state index in [0.29, 0.717) is 18.7 Å². The third-order valence-corrected chi connectivity index (χ3v) is 5.42. The third-order valence-electron chi connectivity index (χ3n) is 3.47. The zero-order valence-corrected chi connectivity index (χ0v) is 13.8. The highest BCUT2D eigenvalue weighted by Crippen LogP contribution is 2.11. The van der Waals surface area contributed by atoms with Crippen molar-refractivity contribution in [3.8, 4) is 0 Å². The van der Waals surface area contributed by atoms with Gasteiger partial charge in [0.25, 0.3) is 0 Å². The summed E-state index contributed by atoms with van der Waals surface area (Å²) in [7, 11) is -1.50. The van der Waals surface area contributed by atoms with Crippen molar-refractivity contribution in [2.75, 3.05) is 25.4 Å². The molecule has 0 aliphatic carbocycles. The van der Waals surface area contributed by atoms with Gasteiger partial charge >= 0.3 is 11.8 Å². The lowest BCUT2D eigenvalue weighted by molar-refractivity contribution is -0.139. The molecule has 2 N–H and O–H groups in total. The van der Waals surface area contributed by atoms with Gasteiger partial charge in [0.1, 0.15) is 5.69 Å². The lowest BCUT2D eigenvalue weighted by Crippen LogP contribution is -2.43. The zero-order chi connectivity index (χ0) is 17.0. The molecule has 1 aromatic rings. The number of carbonyl (C=O) groups is 2. The number of aryl methyl sites for hydroxylation is 1. The molecule has 1 saturated heterocycles. The molecule has 10 nitrogen and oxygen atoms in total. The van der Waals surface area contributed by atoms with Gasteiger partial charge in [0.15, 0.2) is 0 Å². The molecule has 1 aliphatic rings. The van der Waals surface area contributed by atoms with E-state index >= 15 is 0 Å². The van der Waals surface area contributed by atoms with Crippen molar-refractivity contribution >= 4 is 21.8 Å². The third kappa shape index (κ3) is 4.48. The van der Waals surface area contributed by atoms with Gasteiger partial charge in [-0.15, -0.1) is 5.10 Å². The van der Waals surface area contributed by atoms with Crippen molar-refractivity contribution < 1.29 is 18.0 Å². The van der Waals surface area contributed by atoms with Crippen molar-refractivity contribution in [3.05, 3.63) is 11.9 Å². The summed E-state index contributed by atoms with van der Waals surface area (Å²) in [4.78, 5) is 23.5. The second-order valence-corrected chi connectivity index (χ2v) is 7.43. The summed E-state index contributed by atoms with van der Waals surface area (Å²) in [5.74, 6) is -1.47. The first-order valence-electron chi connectivity index (χ1n) is 7.22. The van der Waals surface area contributed by atoms with Gasteiger partial charge in [-0.1, -0.05) is 5.21 Å². The van der Waals surface area contributed by atoms with Crippen LogP contribution in [0, 0.1) is 0 Å². The van der Waals surface area contributed by atoms with Crippen LogP contribution in [-0.4, -0.2) is 64.9 Å². The Kier molecular flexibility index (Phi) is 5.31. The van der Waals surface area contributed by atoms with Crippen molar-refractivity contribution in [1.29, 1.82) is 0 Å². The van der Waals surface area contributed by atoms with Crippen LogP contribution in [-0.2, 0) is 26.7 Å². The van der Waals surface area contributed by atoms with E-state index < -0.39 is 27.9 Å². The van der Waals surface area contributed by atoms with Crippen LogP contribution >= 0.6 is 0 Å². The maximum absolute atomic E-state index is 11.8. The number of nitrogens with zero attached hydrogens (tertiary/aromatic N) is 4. The van der Waals surface area contributed by atoms with Crippen molar-refractivity contribution in [2.24, 2.45) is 7.05 Å². The molecule has 1 fully saturated rings. The summed E-state index contributed by atoms with van der Waals surface area (Å²) in [5.41, 5.74) is 0.539. The lowest BCUT2D eigenvalue weighted by Gasteiger charge is -2.15. The Labute approximate surface area is 134 Å². The normalized spacial score (nSPS) is 18.5. The molecule has 2 rings (SSSR count). The zero-order valence-electron chi connectivity index (χ0n) is 13.0. The van der Waals surface area contributed by atoms with E-state index in [9.17, 15) is 18.0 Å². The quantitative estimate of drug-likeness (QED) is 0.604. The van der Waals surface area contributed by atoms with Crippen LogP contribution in [0.1, 0.15) is 25.1 Å². The number of nitrogens with one attached hydrogen (secondary N) is 2. The summed E-state index contributed by atoms with van der Waals surface area (Å²) in [6.45, 7) is 2.40. The minimum atomic E-state index is -3.19. The summed E-state index contributed by atoms with van der Waals surface area (Å²) in [6.07, 6.45) is 2.23. The Balaban J connectivity index is 1.76. The fourth-order valence-electron chi connectivity index (χ4n) is 2.22. The minimum Gasteiger partial charge on any atom is -0.347 e. The highest BCUT2D eigenvalue weighted by molar-refractivity contribution is 7.89. The van der Waals surface area contributed by atoms with E-state index in [4.69, 9.17) is 0 Å². The predicted molar refractivity (Wildman–Crippen MR) is 80.5 cm³/mol. The molecule has 2 amide bonds. The molecule has 1 aromatic heterocycles. The molecule has 0 radical (unpaired) electrons. The number of sulfonamides is 1. The van der Waals surface area contributed by atoms with Gasteiger partial charge in [-0.25, -0.2) is 12.7 Å². The van der Waals surface area contributed by atoms with Crippen LogP contribution in [0.2, 0.25) is 0 Å². The molecule has 1 atom stereocenters. The summed E-state index contributed by atoms with van der Waals surface area (Å²) in [5, 5.41) is 12.5. The first kappa shape index (κ1) is 17.3. The number of hydrogen-bond acceptors (Lipinski definition) is 6. The maximum Gasteiger partial charge on any atom is 0.309 e. The highest BCUT2D eigenvalue weighted by Gasteiger charge is 2.28. The molecular formula is C12H20N6O4S. The Morgan fingerprint density at radius 2 is 2.13 bits per heavy atom. The van der Waals surface area contributed by atoms with Crippen molar-refractivity contribution in [2.45, 2.75) is 19.4 Å². The van der Waals surface area contributed by atoms with Crippen LogP contribution in [0.3, 0.4) is 0 Å². The molecule has 23 heavy (non-hydrogen) atoms. The number of amides is 2. The Hall–Kier alpha value is -2.01. The number of carbonyl (C=O) groups excluding carboxylic acids is 2. The van der Waals surface area contributed by atoms with Gasteiger partial charge in [-0.05, 0) is 13.3 Å². The molecule has 0 saturated carbocycles. The van der Waals surface area contributed by atoms with E-state index in [1.807, 2.05) is 0 Å². The fourth-order valence-corrected chi connectivity index (χ4v) is 3.75. The topological polar surface area (TPSA) is 126 Å². The fraction of sp³-hybridized carbons (Fsp3) is 0.667. The summed E-state index contributed by atoms with van der Waals surface area (Å²) in [6, 6.07) is -0.457. The van der Waals surface area contributed by atoms with Gasteiger partial charge in [0, 0.05) is 26.7 Å². The van der Waals surface area contributed by atoms with E-state index in [-0.39, 0.29) is 18.8 Å². The molecule has 128 valence electrons. The first-order chi connectivity index (χ1) is 10.8. The molecule has 2 heterocycles. The van der Waals surface area contributed by atoms with E-state index in [1.165, 1.54) is 8.99 Å². The number of hydrogen-bond donors (Lipinski definition) is 2. The number of aromatic nitrogens is 3. The standard InChI is InChI=1S/C12H20N6O4S/c1-9(10-8-17(2)16-15-10)14-12(20)11(19)13-4-6-18-5-3-7-23(18,21)22/h8-9H,3-7H2,1-2H3,(H,13,19)(H,14,20). The smallest absolute Gasteiger partial charge is 0.309 e. The second kappa shape index (κ2) is 7.04. The lowest BCUT2D eigenvalue weighted by atomic mass is 10.2. The van der Waals surface area contributed by atoms with Gasteiger partial charge < -0.3 is 10.6 Å². The van der Waals surface area contributed by atoms with E-state index in [0.717, 1.165) is 0 Å². The second-order valence-electron chi connectivity index (χ2n) is 5.34.